The zero-order valence-corrected chi connectivity index (χ0v) is 9.97. The molecule has 0 heterocycles. The number of hydrogen-bond acceptors (Lipinski definition) is 0. The highest BCUT2D eigenvalue weighted by atomic mass is 14.4. The van der Waals surface area contributed by atoms with Crippen LogP contribution in [0.2, 0.25) is 0 Å². The van der Waals surface area contributed by atoms with E-state index in [4.69, 9.17) is 0 Å². The highest BCUT2D eigenvalue weighted by Gasteiger charge is 2.31. The predicted molar refractivity (Wildman–Crippen MR) is 62.2 cm³/mol. The highest BCUT2D eigenvalue weighted by Crippen LogP contribution is 2.43. The van der Waals surface area contributed by atoms with Gasteiger partial charge in [0.15, 0.2) is 0 Å². The summed E-state index contributed by atoms with van der Waals surface area (Å²) in [5.74, 6) is 4.21. The van der Waals surface area contributed by atoms with Crippen LogP contribution in [0.25, 0.3) is 0 Å². The lowest BCUT2D eigenvalue weighted by Crippen LogP contribution is -2.26. The summed E-state index contributed by atoms with van der Waals surface area (Å²) in [7, 11) is 0. The van der Waals surface area contributed by atoms with Crippen LogP contribution in [-0.2, 0) is 0 Å². The Hall–Kier alpha value is 0. The van der Waals surface area contributed by atoms with Crippen LogP contribution >= 0.6 is 0 Å². The number of rotatable bonds is 1. The van der Waals surface area contributed by atoms with Gasteiger partial charge in [-0.05, 0) is 42.9 Å². The predicted octanol–water partition coefficient (Wildman–Crippen LogP) is 4.64. The fraction of sp³-hybridized carbons (Fsp3) is 1.00. The molecule has 0 aromatic heterocycles. The maximum absolute atomic E-state index is 2.42. The molecule has 0 aromatic rings. The van der Waals surface area contributed by atoms with E-state index >= 15 is 0 Å². The average Bonchev–Trinajstić information content (AvgIpc) is 2.41. The van der Waals surface area contributed by atoms with Crippen molar-refractivity contribution in [3.63, 3.8) is 0 Å². The molecule has 2 aliphatic carbocycles. The van der Waals surface area contributed by atoms with Crippen LogP contribution in [0.4, 0.5) is 0 Å². The summed E-state index contributed by atoms with van der Waals surface area (Å²) in [6.45, 7) is 4.84. The molecular weight excluding hydrogens is 168 g/mol. The van der Waals surface area contributed by atoms with Gasteiger partial charge in [0.1, 0.15) is 0 Å². The Kier molecular flexibility index (Phi) is 3.52. The van der Waals surface area contributed by atoms with Crippen LogP contribution < -0.4 is 0 Å². The second-order valence-corrected chi connectivity index (χ2v) is 5.98. The van der Waals surface area contributed by atoms with Gasteiger partial charge >= 0.3 is 0 Å². The second-order valence-electron chi connectivity index (χ2n) is 5.98. The largest absolute Gasteiger partial charge is 0.0625 e. The van der Waals surface area contributed by atoms with Crippen LogP contribution in [0.1, 0.15) is 65.2 Å². The van der Waals surface area contributed by atoms with Gasteiger partial charge < -0.3 is 0 Å². The van der Waals surface area contributed by atoms with Gasteiger partial charge in [-0.25, -0.2) is 0 Å². The minimum atomic E-state index is 0.930. The van der Waals surface area contributed by atoms with E-state index in [9.17, 15) is 0 Å². The number of hydrogen-bond donors (Lipinski definition) is 0. The fourth-order valence-electron chi connectivity index (χ4n) is 3.69. The van der Waals surface area contributed by atoms with Crippen LogP contribution in [0.3, 0.4) is 0 Å². The molecule has 0 saturated heterocycles. The fourth-order valence-corrected chi connectivity index (χ4v) is 3.69. The third-order valence-corrected chi connectivity index (χ3v) is 4.77. The SMILES string of the molecule is CC(C)C1CCC2CCCCCC2C1. The van der Waals surface area contributed by atoms with E-state index in [0.29, 0.717) is 0 Å². The first-order chi connectivity index (χ1) is 6.77. The standard InChI is InChI=1S/C14H26/c1-11(2)13-9-8-12-6-4-3-5-7-14(12)10-13/h11-14H,3-10H2,1-2H3. The normalized spacial score (nSPS) is 39.2. The Morgan fingerprint density at radius 1 is 0.786 bits per heavy atom. The van der Waals surface area contributed by atoms with Gasteiger partial charge in [0.25, 0.3) is 0 Å². The van der Waals surface area contributed by atoms with E-state index in [0.717, 1.165) is 23.7 Å². The molecule has 3 atom stereocenters. The molecule has 3 unspecified atom stereocenters. The maximum Gasteiger partial charge on any atom is -0.0383 e. The minimum absolute atomic E-state index is 0.930. The first kappa shape index (κ1) is 10.5. The molecule has 14 heavy (non-hydrogen) atoms. The van der Waals surface area contributed by atoms with E-state index < -0.39 is 0 Å². The summed E-state index contributed by atoms with van der Waals surface area (Å²) >= 11 is 0. The van der Waals surface area contributed by atoms with Crippen molar-refractivity contribution in [3.05, 3.63) is 0 Å². The molecule has 2 rings (SSSR count). The van der Waals surface area contributed by atoms with Crippen LogP contribution in [0, 0.1) is 23.7 Å². The molecule has 0 heteroatoms. The number of fused-ring (bicyclic) bond motifs is 1. The second kappa shape index (κ2) is 4.68. The van der Waals surface area contributed by atoms with Crippen molar-refractivity contribution < 1.29 is 0 Å². The van der Waals surface area contributed by atoms with Crippen molar-refractivity contribution >= 4 is 0 Å². The van der Waals surface area contributed by atoms with Gasteiger partial charge in [-0.2, -0.15) is 0 Å². The molecule has 82 valence electrons. The molecular formula is C14H26. The van der Waals surface area contributed by atoms with E-state index in [2.05, 4.69) is 13.8 Å². The van der Waals surface area contributed by atoms with Crippen molar-refractivity contribution in [3.8, 4) is 0 Å². The summed E-state index contributed by atoms with van der Waals surface area (Å²) in [4.78, 5) is 0. The van der Waals surface area contributed by atoms with Crippen molar-refractivity contribution in [1.82, 2.24) is 0 Å². The minimum Gasteiger partial charge on any atom is -0.0625 e. The zero-order valence-electron chi connectivity index (χ0n) is 9.97. The molecule has 2 aliphatic rings. The molecule has 0 spiro atoms. The third-order valence-electron chi connectivity index (χ3n) is 4.77. The van der Waals surface area contributed by atoms with Crippen molar-refractivity contribution in [2.75, 3.05) is 0 Å². The summed E-state index contributed by atoms with van der Waals surface area (Å²) in [6.07, 6.45) is 12.3. The topological polar surface area (TPSA) is 0 Å². The van der Waals surface area contributed by atoms with Crippen molar-refractivity contribution in [2.45, 2.75) is 65.2 Å². The van der Waals surface area contributed by atoms with Gasteiger partial charge in [0.2, 0.25) is 0 Å². The Labute approximate surface area is 89.5 Å². The Morgan fingerprint density at radius 3 is 2.21 bits per heavy atom. The van der Waals surface area contributed by atoms with Crippen LogP contribution in [0.5, 0.6) is 0 Å². The lowest BCUT2D eigenvalue weighted by atomic mass is 9.69. The summed E-state index contributed by atoms with van der Waals surface area (Å²) in [6, 6.07) is 0. The first-order valence-corrected chi connectivity index (χ1v) is 6.77. The van der Waals surface area contributed by atoms with Crippen LogP contribution in [-0.4, -0.2) is 0 Å². The van der Waals surface area contributed by atoms with Gasteiger partial charge in [-0.15, -0.1) is 0 Å². The van der Waals surface area contributed by atoms with Gasteiger partial charge in [-0.3, -0.25) is 0 Å². The smallest absolute Gasteiger partial charge is 0.0383 e. The highest BCUT2D eigenvalue weighted by molar-refractivity contribution is 4.83. The van der Waals surface area contributed by atoms with Crippen molar-refractivity contribution in [2.24, 2.45) is 23.7 Å². The Bertz CT molecular complexity index is 171. The van der Waals surface area contributed by atoms with E-state index in [1.54, 1.807) is 25.7 Å². The summed E-state index contributed by atoms with van der Waals surface area (Å²) < 4.78 is 0. The average molecular weight is 194 g/mol. The molecule has 0 amide bonds. The Morgan fingerprint density at radius 2 is 1.50 bits per heavy atom. The van der Waals surface area contributed by atoms with E-state index in [1.165, 1.54) is 25.7 Å². The van der Waals surface area contributed by atoms with Crippen LogP contribution in [0.15, 0.2) is 0 Å². The lowest BCUT2D eigenvalue weighted by Gasteiger charge is -2.37. The third kappa shape index (κ3) is 2.32. The summed E-state index contributed by atoms with van der Waals surface area (Å²) in [5, 5.41) is 0. The van der Waals surface area contributed by atoms with Gasteiger partial charge in [0, 0.05) is 0 Å². The molecule has 0 bridgehead atoms. The quantitative estimate of drug-likeness (QED) is 0.570. The van der Waals surface area contributed by atoms with Gasteiger partial charge in [0.05, 0.1) is 0 Å². The van der Waals surface area contributed by atoms with E-state index in [1.807, 2.05) is 0 Å². The monoisotopic (exact) mass is 194 g/mol. The molecule has 2 saturated carbocycles. The maximum atomic E-state index is 2.42. The molecule has 0 aromatic carbocycles. The molecule has 0 nitrogen and oxygen atoms in total. The molecule has 2 fully saturated rings. The van der Waals surface area contributed by atoms with E-state index in [-0.39, 0.29) is 0 Å². The van der Waals surface area contributed by atoms with Crippen molar-refractivity contribution in [1.29, 1.82) is 0 Å². The Balaban J connectivity index is 1.93. The lowest BCUT2D eigenvalue weighted by molar-refractivity contribution is 0.140. The molecule has 0 radical (unpaired) electrons. The molecule has 0 aliphatic heterocycles. The zero-order chi connectivity index (χ0) is 9.97. The summed E-state index contributed by atoms with van der Waals surface area (Å²) in [5.41, 5.74) is 0. The van der Waals surface area contributed by atoms with Gasteiger partial charge in [-0.1, -0.05) is 46.0 Å². The molecule has 0 N–H and O–H groups in total. The first-order valence-electron chi connectivity index (χ1n) is 6.77.